The number of quaternary nitrogens is 1. The molecule has 2 heteroatoms. The van der Waals surface area contributed by atoms with Crippen molar-refractivity contribution in [3.63, 3.8) is 0 Å². The van der Waals surface area contributed by atoms with Gasteiger partial charge in [-0.05, 0) is 0 Å². The Morgan fingerprint density at radius 2 is 2.62 bits per heavy atom. The molecule has 2 nitrogen and oxygen atoms in total. The minimum Gasteiger partial charge on any atom is -0.392 e. The van der Waals surface area contributed by atoms with E-state index in [2.05, 4.69) is 13.2 Å². The molecule has 0 aliphatic carbocycles. The van der Waals surface area contributed by atoms with Crippen LogP contribution in [0.15, 0.2) is 11.8 Å². The van der Waals surface area contributed by atoms with E-state index in [0.29, 0.717) is 0 Å². The summed E-state index contributed by atoms with van der Waals surface area (Å²) in [5.41, 5.74) is 1.18. The molecule has 1 aliphatic rings. The Bertz CT molecular complexity index is 109. The number of hydrogen-bond donors (Lipinski definition) is 2. The van der Waals surface area contributed by atoms with Crippen LogP contribution in [-0.2, 0) is 0 Å². The molecule has 1 atom stereocenters. The molecule has 2 N–H and O–H groups in total. The Morgan fingerprint density at radius 1 is 1.88 bits per heavy atom. The minimum absolute atomic E-state index is 0.247. The molecule has 46 valence electrons. The summed E-state index contributed by atoms with van der Waals surface area (Å²) in [6.45, 7) is 1.40. The normalized spacial score (nSPS) is 28.2. The first-order valence-corrected chi connectivity index (χ1v) is 2.95. The van der Waals surface area contributed by atoms with Crippen LogP contribution in [0.1, 0.15) is 6.42 Å². The fourth-order valence-electron chi connectivity index (χ4n) is 0.975. The predicted octanol–water partition coefficient (Wildman–Crippen LogP) is -1.22. The van der Waals surface area contributed by atoms with E-state index in [0.717, 1.165) is 13.0 Å². The Balaban J connectivity index is 2.44. The van der Waals surface area contributed by atoms with Crippen LogP contribution < -0.4 is 4.90 Å². The molecule has 0 aromatic carbocycles. The molecule has 8 heavy (non-hydrogen) atoms. The molecule has 1 rings (SSSR count). The number of aliphatic hydroxyl groups excluding tert-OH is 1. The monoisotopic (exact) mass is 114 g/mol. The average molecular weight is 114 g/mol. The van der Waals surface area contributed by atoms with E-state index in [4.69, 9.17) is 5.11 Å². The van der Waals surface area contributed by atoms with Gasteiger partial charge in [0.25, 0.3) is 0 Å². The van der Waals surface area contributed by atoms with Gasteiger partial charge in [-0.3, -0.25) is 0 Å². The SMILES string of the molecule is C[NH+]1C=C(CO)CC1. The van der Waals surface area contributed by atoms with Crippen LogP contribution >= 0.6 is 0 Å². The topological polar surface area (TPSA) is 24.7 Å². The minimum atomic E-state index is 0.247. The fraction of sp³-hybridized carbons (Fsp3) is 0.667. The molecule has 0 spiro atoms. The van der Waals surface area contributed by atoms with Crippen molar-refractivity contribution in [2.24, 2.45) is 0 Å². The van der Waals surface area contributed by atoms with Crippen LogP contribution in [0.25, 0.3) is 0 Å². The molecular weight excluding hydrogens is 102 g/mol. The average Bonchev–Trinajstić information content (AvgIpc) is 2.14. The molecule has 0 saturated carbocycles. The van der Waals surface area contributed by atoms with E-state index in [9.17, 15) is 0 Å². The number of aliphatic hydroxyl groups is 1. The predicted molar refractivity (Wildman–Crippen MR) is 31.5 cm³/mol. The highest BCUT2D eigenvalue weighted by Gasteiger charge is 2.10. The Kier molecular flexibility index (Phi) is 1.65. The zero-order valence-corrected chi connectivity index (χ0v) is 5.15. The fourth-order valence-corrected chi connectivity index (χ4v) is 0.975. The van der Waals surface area contributed by atoms with Gasteiger partial charge >= 0.3 is 0 Å². The summed E-state index contributed by atoms with van der Waals surface area (Å²) in [7, 11) is 2.10. The lowest BCUT2D eigenvalue weighted by Crippen LogP contribution is -3.02. The largest absolute Gasteiger partial charge is 0.392 e. The molecule has 0 aromatic rings. The quantitative estimate of drug-likeness (QED) is 0.439. The third-order valence-corrected chi connectivity index (χ3v) is 1.49. The lowest BCUT2D eigenvalue weighted by molar-refractivity contribution is -0.818. The van der Waals surface area contributed by atoms with Gasteiger partial charge in [-0.25, -0.2) is 0 Å². The molecule has 0 saturated heterocycles. The first-order chi connectivity index (χ1) is 3.83. The third kappa shape index (κ3) is 1.08. The van der Waals surface area contributed by atoms with Crippen molar-refractivity contribution in [2.45, 2.75) is 6.42 Å². The summed E-state index contributed by atoms with van der Waals surface area (Å²) >= 11 is 0. The van der Waals surface area contributed by atoms with Gasteiger partial charge in [0, 0.05) is 12.0 Å². The smallest absolute Gasteiger partial charge is 0.0957 e. The Morgan fingerprint density at radius 3 is 2.88 bits per heavy atom. The zero-order chi connectivity index (χ0) is 5.98. The molecule has 0 fully saturated rings. The lowest BCUT2D eigenvalue weighted by Gasteiger charge is -1.95. The van der Waals surface area contributed by atoms with E-state index >= 15 is 0 Å². The maximum Gasteiger partial charge on any atom is 0.0957 e. The summed E-state index contributed by atoms with van der Waals surface area (Å²) in [5, 5.41) is 8.60. The van der Waals surface area contributed by atoms with Gasteiger partial charge < -0.3 is 10.0 Å². The van der Waals surface area contributed by atoms with Crippen molar-refractivity contribution in [1.82, 2.24) is 0 Å². The van der Waals surface area contributed by atoms with Crippen molar-refractivity contribution >= 4 is 0 Å². The van der Waals surface area contributed by atoms with Crippen molar-refractivity contribution in [3.05, 3.63) is 11.8 Å². The van der Waals surface area contributed by atoms with E-state index in [-0.39, 0.29) is 6.61 Å². The molecule has 0 radical (unpaired) electrons. The highest BCUT2D eigenvalue weighted by Crippen LogP contribution is 1.97. The standard InChI is InChI=1S/C6H11NO/c1-7-3-2-6(4-7)5-8/h4,8H,2-3,5H2,1H3/p+1. The van der Waals surface area contributed by atoms with E-state index in [1.165, 1.54) is 10.5 Å². The van der Waals surface area contributed by atoms with Crippen LogP contribution in [0.5, 0.6) is 0 Å². The zero-order valence-electron chi connectivity index (χ0n) is 5.15. The number of nitrogens with one attached hydrogen (secondary N) is 1. The second kappa shape index (κ2) is 2.29. The number of rotatable bonds is 1. The summed E-state index contributed by atoms with van der Waals surface area (Å²) in [4.78, 5) is 1.40. The molecule has 1 heterocycles. The van der Waals surface area contributed by atoms with Crippen molar-refractivity contribution in [1.29, 1.82) is 0 Å². The summed E-state index contributed by atoms with van der Waals surface area (Å²) in [5.74, 6) is 0. The molecule has 0 bridgehead atoms. The first-order valence-electron chi connectivity index (χ1n) is 2.95. The Hall–Kier alpha value is -0.340. The van der Waals surface area contributed by atoms with Gasteiger partial charge in [-0.15, -0.1) is 0 Å². The highest BCUT2D eigenvalue weighted by molar-refractivity contribution is 4.99. The van der Waals surface area contributed by atoms with Crippen LogP contribution in [0, 0.1) is 0 Å². The number of hydrogen-bond acceptors (Lipinski definition) is 1. The van der Waals surface area contributed by atoms with Gasteiger partial charge in [0.2, 0.25) is 0 Å². The Labute approximate surface area is 49.4 Å². The van der Waals surface area contributed by atoms with Gasteiger partial charge in [0.05, 0.1) is 26.4 Å². The molecule has 0 amide bonds. The van der Waals surface area contributed by atoms with Crippen molar-refractivity contribution in [3.8, 4) is 0 Å². The van der Waals surface area contributed by atoms with Gasteiger partial charge in [-0.2, -0.15) is 0 Å². The van der Waals surface area contributed by atoms with Crippen LogP contribution in [0.3, 0.4) is 0 Å². The third-order valence-electron chi connectivity index (χ3n) is 1.49. The maximum atomic E-state index is 8.60. The van der Waals surface area contributed by atoms with Crippen LogP contribution in [0.4, 0.5) is 0 Å². The maximum absolute atomic E-state index is 8.60. The van der Waals surface area contributed by atoms with Gasteiger partial charge in [0.1, 0.15) is 0 Å². The van der Waals surface area contributed by atoms with Gasteiger partial charge in [0.15, 0.2) is 0 Å². The summed E-state index contributed by atoms with van der Waals surface area (Å²) in [6, 6.07) is 0. The van der Waals surface area contributed by atoms with Crippen LogP contribution in [-0.4, -0.2) is 25.3 Å². The van der Waals surface area contributed by atoms with E-state index in [1.54, 1.807) is 0 Å². The van der Waals surface area contributed by atoms with E-state index in [1.807, 2.05) is 0 Å². The van der Waals surface area contributed by atoms with Gasteiger partial charge in [-0.1, -0.05) is 0 Å². The second-order valence-electron chi connectivity index (χ2n) is 2.31. The molecular formula is C6H12NO+. The first kappa shape index (κ1) is 5.79. The molecule has 0 aromatic heterocycles. The summed E-state index contributed by atoms with van der Waals surface area (Å²) < 4.78 is 0. The lowest BCUT2D eigenvalue weighted by atomic mass is 10.3. The summed E-state index contributed by atoms with van der Waals surface area (Å²) in [6.07, 6.45) is 3.16. The van der Waals surface area contributed by atoms with Crippen LogP contribution in [0.2, 0.25) is 0 Å². The molecule has 1 unspecified atom stereocenters. The highest BCUT2D eigenvalue weighted by atomic mass is 16.3. The van der Waals surface area contributed by atoms with E-state index < -0.39 is 0 Å². The van der Waals surface area contributed by atoms with Crippen molar-refractivity contribution in [2.75, 3.05) is 20.2 Å². The molecule has 1 aliphatic heterocycles. The van der Waals surface area contributed by atoms with Crippen molar-refractivity contribution < 1.29 is 10.0 Å². The second-order valence-corrected chi connectivity index (χ2v) is 2.31.